The Morgan fingerprint density at radius 1 is 1.44 bits per heavy atom. The van der Waals surface area contributed by atoms with Crippen LogP contribution in [0, 0.1) is 0 Å². The van der Waals surface area contributed by atoms with Crippen molar-refractivity contribution in [2.75, 3.05) is 0 Å². The third-order valence-electron chi connectivity index (χ3n) is 0. The number of rotatable bonds is 0. The second-order valence-corrected chi connectivity index (χ2v) is 1.17. The Bertz CT molecular complexity index is 117. The van der Waals surface area contributed by atoms with Crippen molar-refractivity contribution < 1.29 is 91.8 Å². The predicted molar refractivity (Wildman–Crippen MR) is 24.7 cm³/mol. The minimum Gasteiger partial charge on any atom is -0.481 e. The van der Waals surface area contributed by atoms with E-state index in [0.29, 0.717) is 0 Å². The van der Waals surface area contributed by atoms with Crippen molar-refractivity contribution in [3.05, 3.63) is 0 Å². The van der Waals surface area contributed by atoms with Crippen LogP contribution in [-0.2, 0) is 24.2 Å². The van der Waals surface area contributed by atoms with Crippen LogP contribution in [0.15, 0.2) is 0 Å². The van der Waals surface area contributed by atoms with Crippen LogP contribution in [0.3, 0.4) is 0 Å². The Labute approximate surface area is 113 Å². The van der Waals surface area contributed by atoms with Crippen LogP contribution in [0.2, 0.25) is 0 Å². The van der Waals surface area contributed by atoms with Crippen molar-refractivity contribution in [2.45, 2.75) is 6.92 Å². The van der Waals surface area contributed by atoms with Crippen molar-refractivity contribution in [3.8, 4) is 0 Å². The summed E-state index contributed by atoms with van der Waals surface area (Å²) in [4.78, 5) is 9.00. The summed E-state index contributed by atoms with van der Waals surface area (Å²) in [6, 6.07) is 0. The molecule has 50 valence electrons. The molecule has 2 N–H and O–H groups in total. The molecule has 0 aliphatic rings. The molecule has 0 aromatic rings. The molecule has 0 amide bonds. The molecule has 0 aliphatic carbocycles. The number of carboxylic acid groups (broad SMARTS) is 1. The molecule has 5 nitrogen and oxygen atoms in total. The molecule has 0 saturated heterocycles. The van der Waals surface area contributed by atoms with Gasteiger partial charge in [0.1, 0.15) is 0 Å². The van der Waals surface area contributed by atoms with Crippen LogP contribution in [0.4, 0.5) is 0 Å². The normalized spacial score (nSPS) is 6.56. The zero-order valence-electron chi connectivity index (χ0n) is 5.03. The van der Waals surface area contributed by atoms with Crippen LogP contribution < -0.4 is 68.9 Å². The summed E-state index contributed by atoms with van der Waals surface area (Å²) in [6.07, 6.45) is 0. The zero-order valence-corrected chi connectivity index (χ0v) is 12.1. The number of carbonyl (C=O) groups is 1. The molecule has 0 heterocycles. The van der Waals surface area contributed by atoms with E-state index in [9.17, 15) is 0 Å². The van der Waals surface area contributed by atoms with Gasteiger partial charge in [0.05, 0.1) is 0 Å². The first-order valence-corrected chi connectivity index (χ1v) is 2.48. The molecule has 0 rings (SSSR count). The standard InChI is InChI=1S/C2H4O2.Cs.HO3S/c1-2(3)4;;1-4(2)3/h1H3,(H,3,4);;(H,1,2,3)/q;+1;-1. The summed E-state index contributed by atoms with van der Waals surface area (Å²) in [6.45, 7) is 1.08. The van der Waals surface area contributed by atoms with Gasteiger partial charge in [0.15, 0.2) is 0 Å². The van der Waals surface area contributed by atoms with Gasteiger partial charge in [-0.1, -0.05) is 0 Å². The van der Waals surface area contributed by atoms with Crippen LogP contribution in [-0.4, -0.2) is 15.6 Å². The summed E-state index contributed by atoms with van der Waals surface area (Å²) < 4.78 is 24.1. The fourth-order valence-electron chi connectivity index (χ4n) is 0. The first kappa shape index (κ1) is 16.8. The maximum absolute atomic E-state index is 9.00. The van der Waals surface area contributed by atoms with E-state index in [0.717, 1.165) is 6.92 Å². The number of carboxylic acids is 1. The largest absolute Gasteiger partial charge is 1.00 e. The molecule has 7 heteroatoms. The minimum absolute atomic E-state index is 0. The minimum atomic E-state index is -2.86. The summed E-state index contributed by atoms with van der Waals surface area (Å²) in [5.41, 5.74) is 0. The Morgan fingerprint density at radius 2 is 1.44 bits per heavy atom. The monoisotopic (exact) mass is 274 g/mol. The van der Waals surface area contributed by atoms with E-state index >= 15 is 0 Å². The molecule has 0 aromatic carbocycles. The van der Waals surface area contributed by atoms with Crippen LogP contribution in [0.5, 0.6) is 0 Å². The van der Waals surface area contributed by atoms with E-state index < -0.39 is 17.0 Å². The van der Waals surface area contributed by atoms with E-state index in [4.69, 9.17) is 22.9 Å². The van der Waals surface area contributed by atoms with Crippen molar-refractivity contribution in [3.63, 3.8) is 0 Å². The van der Waals surface area contributed by atoms with Gasteiger partial charge in [0.2, 0.25) is 0 Å². The second-order valence-electron chi connectivity index (χ2n) is 0.736. The molecule has 0 bridgehead atoms. The molecule has 0 atom stereocenters. The smallest absolute Gasteiger partial charge is 0.481 e. The fourth-order valence-corrected chi connectivity index (χ4v) is 0. The maximum atomic E-state index is 9.00. The van der Waals surface area contributed by atoms with Crippen molar-refractivity contribution in [1.82, 2.24) is 0 Å². The summed E-state index contributed by atoms with van der Waals surface area (Å²) in [5, 5.41) is 7.42. The Hall–Kier alpha value is 1.43. The summed E-state index contributed by atoms with van der Waals surface area (Å²) >= 11 is 0. The molecule has 9 heavy (non-hydrogen) atoms. The van der Waals surface area contributed by atoms with Gasteiger partial charge in [-0.05, 0) is 0 Å². The zero-order chi connectivity index (χ0) is 7.15. The van der Waals surface area contributed by atoms with Crippen molar-refractivity contribution >= 4 is 17.0 Å². The fraction of sp³-hybridized carbons (Fsp3) is 0.500. The SMILES string of the molecule is CC(=O)O.O=[S-](=O)O.[Cs+]. The van der Waals surface area contributed by atoms with Crippen LogP contribution in [0.25, 0.3) is 0 Å². The van der Waals surface area contributed by atoms with Crippen molar-refractivity contribution in [1.29, 1.82) is 0 Å². The molecule has 0 saturated carbocycles. The topological polar surface area (TPSA) is 91.7 Å². The van der Waals surface area contributed by atoms with Gasteiger partial charge >= 0.3 is 68.9 Å². The molecular weight excluding hydrogens is 269 g/mol. The second kappa shape index (κ2) is 12.1. The van der Waals surface area contributed by atoms with Gasteiger partial charge < -0.3 is 18.1 Å². The summed E-state index contributed by atoms with van der Waals surface area (Å²) in [5.74, 6) is -0.833. The quantitative estimate of drug-likeness (QED) is 0.277. The third kappa shape index (κ3) is 254. The van der Waals surface area contributed by atoms with Gasteiger partial charge in [-0.15, -0.1) is 0 Å². The van der Waals surface area contributed by atoms with Gasteiger partial charge in [-0.2, -0.15) is 0 Å². The molecule has 0 unspecified atom stereocenters. The van der Waals surface area contributed by atoms with E-state index in [-0.39, 0.29) is 68.9 Å². The Morgan fingerprint density at radius 3 is 1.44 bits per heavy atom. The average molecular weight is 274 g/mol. The Kier molecular flexibility index (Phi) is 22.7. The van der Waals surface area contributed by atoms with Gasteiger partial charge in [-0.25, -0.2) is 0 Å². The van der Waals surface area contributed by atoms with E-state index in [2.05, 4.69) is 0 Å². The summed E-state index contributed by atoms with van der Waals surface area (Å²) in [7, 11) is -2.86. The van der Waals surface area contributed by atoms with E-state index in [1.54, 1.807) is 0 Å². The number of aliphatic carboxylic acids is 1. The van der Waals surface area contributed by atoms with Gasteiger partial charge in [-0.3, -0.25) is 4.79 Å². The van der Waals surface area contributed by atoms with Gasteiger partial charge in [0, 0.05) is 17.9 Å². The van der Waals surface area contributed by atoms with Crippen LogP contribution in [0.1, 0.15) is 6.92 Å². The average Bonchev–Trinajstić information content (AvgIpc) is 1.25. The molecule has 0 fully saturated rings. The number of hydrogen-bond acceptors (Lipinski definition) is 4. The molecular formula is C2H5CsO5S. The predicted octanol–water partition coefficient (Wildman–Crippen LogP) is -3.14. The van der Waals surface area contributed by atoms with Crippen LogP contribution >= 0.6 is 0 Å². The third-order valence-corrected chi connectivity index (χ3v) is 0. The number of hydrogen-bond donors (Lipinski definition) is 2. The molecule has 0 radical (unpaired) electrons. The maximum Gasteiger partial charge on any atom is 1.00 e. The van der Waals surface area contributed by atoms with E-state index in [1.807, 2.05) is 0 Å². The first-order valence-electron chi connectivity index (χ1n) is 1.44. The molecule has 0 aliphatic heterocycles. The molecule has 0 aromatic heterocycles. The van der Waals surface area contributed by atoms with Crippen molar-refractivity contribution in [2.24, 2.45) is 0 Å². The van der Waals surface area contributed by atoms with Gasteiger partial charge in [0.25, 0.3) is 5.97 Å². The Balaban J connectivity index is -0.0000000720. The first-order chi connectivity index (χ1) is 3.46. The van der Waals surface area contributed by atoms with E-state index in [1.165, 1.54) is 0 Å². The molecule has 0 spiro atoms.